The molecule has 0 aliphatic heterocycles. The number of benzene rings is 3. The quantitative estimate of drug-likeness (QED) is 0.392. The number of ether oxygens (including phenoxy) is 2. The maximum absolute atomic E-state index is 12.8. The van der Waals surface area contributed by atoms with Gasteiger partial charge in [0.1, 0.15) is 12.4 Å². The Morgan fingerprint density at radius 1 is 0.871 bits per heavy atom. The standard InChI is InChI=1S/C24H19F3N2O2/c1-30-22-13-18(9-12-21(22)31-15-16-5-3-2-4-6-16)20-14-28-23(29-20)17-7-10-19(11-8-17)24(25,26)27/h2-14H,15H2,1H3,(H,28,29). The van der Waals surface area contributed by atoms with Gasteiger partial charge in [-0.3, -0.25) is 0 Å². The van der Waals surface area contributed by atoms with Crippen LogP contribution in [0.15, 0.2) is 79.0 Å². The van der Waals surface area contributed by atoms with Crippen LogP contribution in [0.4, 0.5) is 13.2 Å². The zero-order chi connectivity index (χ0) is 21.8. The Balaban J connectivity index is 1.53. The predicted octanol–water partition coefficient (Wildman–Crippen LogP) is 6.35. The number of hydrogen-bond acceptors (Lipinski definition) is 3. The fraction of sp³-hybridized carbons (Fsp3) is 0.125. The molecule has 4 rings (SSSR count). The average molecular weight is 424 g/mol. The molecular weight excluding hydrogens is 405 g/mol. The Morgan fingerprint density at radius 3 is 2.26 bits per heavy atom. The summed E-state index contributed by atoms with van der Waals surface area (Å²) in [4.78, 5) is 7.52. The molecule has 0 unspecified atom stereocenters. The highest BCUT2D eigenvalue weighted by atomic mass is 19.4. The Bertz CT molecular complexity index is 1150. The molecule has 4 aromatic rings. The predicted molar refractivity (Wildman–Crippen MR) is 112 cm³/mol. The Kier molecular flexibility index (Phi) is 5.66. The summed E-state index contributed by atoms with van der Waals surface area (Å²) >= 11 is 0. The van der Waals surface area contributed by atoms with E-state index < -0.39 is 11.7 Å². The summed E-state index contributed by atoms with van der Waals surface area (Å²) in [5.74, 6) is 1.65. The Labute approximate surface area is 177 Å². The van der Waals surface area contributed by atoms with Crippen molar-refractivity contribution in [3.05, 3.63) is 90.1 Å². The van der Waals surface area contributed by atoms with Crippen molar-refractivity contribution < 1.29 is 22.6 Å². The van der Waals surface area contributed by atoms with Gasteiger partial charge in [0.05, 0.1) is 18.4 Å². The molecule has 31 heavy (non-hydrogen) atoms. The van der Waals surface area contributed by atoms with E-state index in [0.29, 0.717) is 35.2 Å². The molecule has 1 N–H and O–H groups in total. The van der Waals surface area contributed by atoms with Crippen LogP contribution in [0.5, 0.6) is 11.5 Å². The van der Waals surface area contributed by atoms with E-state index in [-0.39, 0.29) is 0 Å². The van der Waals surface area contributed by atoms with Crippen LogP contribution in [-0.4, -0.2) is 17.1 Å². The fourth-order valence-electron chi connectivity index (χ4n) is 3.12. The summed E-state index contributed by atoms with van der Waals surface area (Å²) in [5, 5.41) is 0. The van der Waals surface area contributed by atoms with Crippen LogP contribution in [0, 0.1) is 0 Å². The molecule has 0 aliphatic rings. The minimum atomic E-state index is -4.37. The van der Waals surface area contributed by atoms with Crippen LogP contribution in [0.25, 0.3) is 22.6 Å². The maximum Gasteiger partial charge on any atom is 0.416 e. The van der Waals surface area contributed by atoms with Gasteiger partial charge < -0.3 is 14.5 Å². The lowest BCUT2D eigenvalue weighted by atomic mass is 10.1. The largest absolute Gasteiger partial charge is 0.493 e. The van der Waals surface area contributed by atoms with Crippen molar-refractivity contribution in [2.45, 2.75) is 12.8 Å². The molecule has 0 amide bonds. The second kappa shape index (κ2) is 8.55. The fourth-order valence-corrected chi connectivity index (χ4v) is 3.12. The second-order valence-electron chi connectivity index (χ2n) is 6.85. The minimum absolute atomic E-state index is 0.414. The summed E-state index contributed by atoms with van der Waals surface area (Å²) in [6.07, 6.45) is -2.67. The van der Waals surface area contributed by atoms with Gasteiger partial charge in [-0.15, -0.1) is 0 Å². The van der Waals surface area contributed by atoms with Crippen molar-refractivity contribution in [1.29, 1.82) is 0 Å². The minimum Gasteiger partial charge on any atom is -0.493 e. The molecule has 0 saturated heterocycles. The zero-order valence-electron chi connectivity index (χ0n) is 16.6. The lowest BCUT2D eigenvalue weighted by Gasteiger charge is -2.12. The topological polar surface area (TPSA) is 47.1 Å². The van der Waals surface area contributed by atoms with E-state index in [1.807, 2.05) is 48.5 Å². The van der Waals surface area contributed by atoms with Gasteiger partial charge in [-0.1, -0.05) is 42.5 Å². The molecule has 0 saturated carbocycles. The van der Waals surface area contributed by atoms with Gasteiger partial charge in [-0.25, -0.2) is 4.98 Å². The first kappa shape index (κ1) is 20.5. The van der Waals surface area contributed by atoms with Crippen LogP contribution in [0.1, 0.15) is 11.1 Å². The van der Waals surface area contributed by atoms with Crippen LogP contribution in [0.2, 0.25) is 0 Å². The van der Waals surface area contributed by atoms with Crippen molar-refractivity contribution >= 4 is 0 Å². The lowest BCUT2D eigenvalue weighted by Crippen LogP contribution is -2.04. The van der Waals surface area contributed by atoms with E-state index in [4.69, 9.17) is 9.47 Å². The van der Waals surface area contributed by atoms with Gasteiger partial charge in [0, 0.05) is 17.3 Å². The smallest absolute Gasteiger partial charge is 0.416 e. The third-order valence-corrected chi connectivity index (χ3v) is 4.76. The number of alkyl halides is 3. The first-order valence-corrected chi connectivity index (χ1v) is 9.52. The molecule has 7 heteroatoms. The molecule has 0 spiro atoms. The number of H-pyrrole nitrogens is 1. The number of methoxy groups -OCH3 is 1. The molecule has 0 atom stereocenters. The summed E-state index contributed by atoms with van der Waals surface area (Å²) in [6, 6.07) is 20.2. The van der Waals surface area contributed by atoms with Crippen LogP contribution in [-0.2, 0) is 12.8 Å². The van der Waals surface area contributed by atoms with Crippen molar-refractivity contribution in [1.82, 2.24) is 9.97 Å². The lowest BCUT2D eigenvalue weighted by molar-refractivity contribution is -0.137. The molecule has 0 fully saturated rings. The number of aromatic nitrogens is 2. The highest BCUT2D eigenvalue weighted by molar-refractivity contribution is 5.67. The van der Waals surface area contributed by atoms with Gasteiger partial charge in [0.15, 0.2) is 11.5 Å². The number of nitrogens with one attached hydrogen (secondary N) is 1. The first-order chi connectivity index (χ1) is 14.9. The third-order valence-electron chi connectivity index (χ3n) is 4.76. The van der Waals surface area contributed by atoms with E-state index in [1.54, 1.807) is 13.3 Å². The van der Waals surface area contributed by atoms with Crippen LogP contribution >= 0.6 is 0 Å². The molecular formula is C24H19F3N2O2. The second-order valence-corrected chi connectivity index (χ2v) is 6.85. The monoisotopic (exact) mass is 424 g/mol. The van der Waals surface area contributed by atoms with E-state index in [0.717, 1.165) is 23.3 Å². The molecule has 1 aromatic heterocycles. The van der Waals surface area contributed by atoms with E-state index in [1.165, 1.54) is 12.1 Å². The summed E-state index contributed by atoms with van der Waals surface area (Å²) in [5.41, 5.74) is 2.34. The van der Waals surface area contributed by atoms with Gasteiger partial charge in [-0.2, -0.15) is 13.2 Å². The van der Waals surface area contributed by atoms with Crippen molar-refractivity contribution in [2.24, 2.45) is 0 Å². The first-order valence-electron chi connectivity index (χ1n) is 9.52. The molecule has 0 aliphatic carbocycles. The van der Waals surface area contributed by atoms with Crippen molar-refractivity contribution in [2.75, 3.05) is 7.11 Å². The maximum atomic E-state index is 12.8. The van der Waals surface area contributed by atoms with E-state index >= 15 is 0 Å². The molecule has 158 valence electrons. The van der Waals surface area contributed by atoms with Gasteiger partial charge >= 0.3 is 6.18 Å². The van der Waals surface area contributed by atoms with Gasteiger partial charge in [0.2, 0.25) is 0 Å². The zero-order valence-corrected chi connectivity index (χ0v) is 16.6. The van der Waals surface area contributed by atoms with E-state index in [2.05, 4.69) is 9.97 Å². The average Bonchev–Trinajstić information content (AvgIpc) is 3.28. The van der Waals surface area contributed by atoms with Crippen molar-refractivity contribution in [3.8, 4) is 34.1 Å². The number of rotatable bonds is 6. The number of halogens is 3. The highest BCUT2D eigenvalue weighted by Crippen LogP contribution is 2.34. The number of nitrogens with zero attached hydrogens (tertiary/aromatic N) is 1. The SMILES string of the molecule is COc1cc(-c2c[nH]c(-c3ccc(C(F)(F)F)cc3)n2)ccc1OCc1ccccc1. The Hall–Kier alpha value is -3.74. The highest BCUT2D eigenvalue weighted by Gasteiger charge is 2.30. The number of aromatic amines is 1. The normalized spacial score (nSPS) is 11.4. The van der Waals surface area contributed by atoms with Crippen LogP contribution in [0.3, 0.4) is 0 Å². The van der Waals surface area contributed by atoms with Crippen LogP contribution < -0.4 is 9.47 Å². The third kappa shape index (κ3) is 4.71. The molecule has 4 nitrogen and oxygen atoms in total. The molecule has 1 heterocycles. The summed E-state index contributed by atoms with van der Waals surface area (Å²) in [7, 11) is 1.56. The number of imidazole rings is 1. The van der Waals surface area contributed by atoms with Gasteiger partial charge in [0.25, 0.3) is 0 Å². The Morgan fingerprint density at radius 2 is 1.58 bits per heavy atom. The summed E-state index contributed by atoms with van der Waals surface area (Å²) < 4.78 is 49.6. The molecule has 0 bridgehead atoms. The van der Waals surface area contributed by atoms with Crippen molar-refractivity contribution in [3.63, 3.8) is 0 Å². The number of hydrogen-bond donors (Lipinski definition) is 1. The molecule has 3 aromatic carbocycles. The van der Waals surface area contributed by atoms with E-state index in [9.17, 15) is 13.2 Å². The summed E-state index contributed by atoms with van der Waals surface area (Å²) in [6.45, 7) is 0.414. The van der Waals surface area contributed by atoms with Gasteiger partial charge in [-0.05, 0) is 35.9 Å². The molecule has 0 radical (unpaired) electrons.